The summed E-state index contributed by atoms with van der Waals surface area (Å²) in [5.41, 5.74) is 0. The normalized spacial score (nSPS) is 42.3. The molecule has 3 nitrogen and oxygen atoms in total. The lowest BCUT2D eigenvalue weighted by atomic mass is 10.4. The van der Waals surface area contributed by atoms with Crippen molar-refractivity contribution in [2.75, 3.05) is 19.7 Å². The fraction of sp³-hybridized carbons (Fsp3) is 1.00. The van der Waals surface area contributed by atoms with E-state index in [1.54, 1.807) is 0 Å². The van der Waals surface area contributed by atoms with Crippen LogP contribution >= 0.6 is 6.57 Å². The quantitative estimate of drug-likeness (QED) is 0.407. The summed E-state index contributed by atoms with van der Waals surface area (Å²) in [6, 6.07) is 1.29. The first-order valence-corrected chi connectivity index (χ1v) is 8.51. The van der Waals surface area contributed by atoms with Crippen LogP contribution in [0.2, 0.25) is 0 Å². The van der Waals surface area contributed by atoms with Crippen LogP contribution in [0.1, 0.15) is 33.6 Å². The molecule has 0 radical (unpaired) electrons. The summed E-state index contributed by atoms with van der Waals surface area (Å²) in [5.74, 6) is 0. The second kappa shape index (κ2) is 4.42. The number of unbranched alkanes of at least 4 members (excludes halogenated alkanes) is 1. The van der Waals surface area contributed by atoms with Crippen LogP contribution in [-0.4, -0.2) is 41.1 Å². The third-order valence-electron chi connectivity index (χ3n) is 3.06. The van der Waals surface area contributed by atoms with Crippen LogP contribution in [0.5, 0.6) is 0 Å². The highest BCUT2D eigenvalue weighted by Crippen LogP contribution is 2.65. The van der Waals surface area contributed by atoms with Crippen LogP contribution in [0.3, 0.4) is 0 Å². The van der Waals surface area contributed by atoms with Gasteiger partial charge in [0.05, 0.1) is 6.61 Å². The van der Waals surface area contributed by atoms with Gasteiger partial charge in [0.25, 0.3) is 0 Å². The Morgan fingerprint density at radius 2 is 1.73 bits per heavy atom. The predicted octanol–water partition coefficient (Wildman–Crippen LogP) is 2.44. The van der Waals surface area contributed by atoms with E-state index in [0.29, 0.717) is 12.1 Å². The maximum atomic E-state index is 6.04. The third-order valence-corrected chi connectivity index (χ3v) is 7.57. The summed E-state index contributed by atoms with van der Waals surface area (Å²) in [5, 5.41) is 0. The lowest BCUT2D eigenvalue weighted by Gasteiger charge is -2.25. The van der Waals surface area contributed by atoms with Gasteiger partial charge >= 0.3 is 0 Å². The molecule has 0 spiro atoms. The topological polar surface area (TPSA) is 15.2 Å². The highest BCUT2D eigenvalue weighted by Gasteiger charge is 2.52. The second-order valence-corrected chi connectivity index (χ2v) is 8.31. The maximum Gasteiger partial charge on any atom is 0.204 e. The predicted molar refractivity (Wildman–Crippen MR) is 67.5 cm³/mol. The Hall–Kier alpha value is 0.530. The monoisotopic (exact) mass is 248 g/mol. The first-order chi connectivity index (χ1) is 7.09. The lowest BCUT2D eigenvalue weighted by molar-refractivity contribution is 0.308. The van der Waals surface area contributed by atoms with E-state index in [1.807, 2.05) is 0 Å². The van der Waals surface area contributed by atoms with Crippen molar-refractivity contribution in [1.82, 2.24) is 9.34 Å². The molecule has 2 aliphatic heterocycles. The van der Waals surface area contributed by atoms with E-state index in [1.165, 1.54) is 6.42 Å². The molecule has 15 heavy (non-hydrogen) atoms. The summed E-state index contributed by atoms with van der Waals surface area (Å²) in [7, 11) is 0. The van der Waals surface area contributed by atoms with Gasteiger partial charge in [0.1, 0.15) is 0 Å². The average molecular weight is 248 g/mol. The molecule has 2 saturated heterocycles. The molecule has 2 fully saturated rings. The summed E-state index contributed by atoms with van der Waals surface area (Å²) in [6.45, 7) is 7.97. The zero-order valence-electron chi connectivity index (χ0n) is 9.85. The van der Waals surface area contributed by atoms with E-state index in [-0.39, 0.29) is 0 Å². The van der Waals surface area contributed by atoms with Gasteiger partial charge in [-0.15, -0.1) is 0 Å². The second-order valence-electron chi connectivity index (χ2n) is 4.62. The average Bonchev–Trinajstić information content (AvgIpc) is 3.05. The molecule has 2 aliphatic rings. The molecule has 0 saturated carbocycles. The summed E-state index contributed by atoms with van der Waals surface area (Å²) < 4.78 is 10.8. The van der Waals surface area contributed by atoms with Gasteiger partial charge in [-0.2, -0.15) is 0 Å². The minimum absolute atomic E-state index is 0.644. The highest BCUT2D eigenvalue weighted by molar-refractivity contribution is 8.10. The molecule has 0 bridgehead atoms. The number of nitrogens with zero attached hydrogens (tertiary/aromatic N) is 2. The zero-order valence-corrected chi connectivity index (χ0v) is 11.6. The molecule has 2 rings (SSSR count). The van der Waals surface area contributed by atoms with Crippen molar-refractivity contribution in [1.29, 1.82) is 0 Å². The largest absolute Gasteiger partial charge is 0.327 e. The standard InChI is InChI=1S/C10H21N2OPS/c1-4-5-6-13-14(15,11-7-9(11)2)12-8-10(12)3/h9-10H,4-8H2,1-3H3. The molecule has 4 unspecified atom stereocenters. The highest BCUT2D eigenvalue weighted by atomic mass is 32.5. The van der Waals surface area contributed by atoms with E-state index in [2.05, 4.69) is 30.1 Å². The molecule has 0 N–H and O–H groups in total. The van der Waals surface area contributed by atoms with Crippen LogP contribution in [0, 0.1) is 0 Å². The van der Waals surface area contributed by atoms with E-state index in [0.717, 1.165) is 26.1 Å². The molecule has 0 aromatic rings. The van der Waals surface area contributed by atoms with Crippen LogP contribution in [0.25, 0.3) is 0 Å². The SMILES string of the molecule is CCCCOP(=S)(N1CC1C)N1CC1C. The van der Waals surface area contributed by atoms with E-state index >= 15 is 0 Å². The van der Waals surface area contributed by atoms with Gasteiger partial charge in [0.15, 0.2) is 0 Å². The van der Waals surface area contributed by atoms with Gasteiger partial charge < -0.3 is 4.52 Å². The summed E-state index contributed by atoms with van der Waals surface area (Å²) in [6.07, 6.45) is 2.31. The van der Waals surface area contributed by atoms with E-state index in [9.17, 15) is 0 Å². The summed E-state index contributed by atoms with van der Waals surface area (Å²) >= 11 is 5.78. The van der Waals surface area contributed by atoms with Crippen molar-refractivity contribution in [3.8, 4) is 0 Å². The van der Waals surface area contributed by atoms with Gasteiger partial charge in [-0.3, -0.25) is 0 Å². The Labute approximate surface area is 98.0 Å². The van der Waals surface area contributed by atoms with Gasteiger partial charge in [0.2, 0.25) is 6.57 Å². The molecule has 2 heterocycles. The van der Waals surface area contributed by atoms with Crippen molar-refractivity contribution in [2.45, 2.75) is 45.7 Å². The van der Waals surface area contributed by atoms with Crippen LogP contribution in [0.15, 0.2) is 0 Å². The fourth-order valence-corrected chi connectivity index (χ4v) is 6.21. The van der Waals surface area contributed by atoms with Crippen molar-refractivity contribution in [3.63, 3.8) is 0 Å². The fourth-order valence-electron chi connectivity index (χ4n) is 1.78. The van der Waals surface area contributed by atoms with E-state index in [4.69, 9.17) is 16.3 Å². The number of hydrogen-bond donors (Lipinski definition) is 0. The van der Waals surface area contributed by atoms with Gasteiger partial charge in [-0.25, -0.2) is 9.34 Å². The Bertz CT molecular complexity index is 267. The third kappa shape index (κ3) is 2.45. The van der Waals surface area contributed by atoms with Gasteiger partial charge in [-0.05, 0) is 32.1 Å². The Kier molecular flexibility index (Phi) is 3.54. The minimum Gasteiger partial charge on any atom is -0.327 e. The van der Waals surface area contributed by atoms with E-state index < -0.39 is 6.57 Å². The van der Waals surface area contributed by atoms with Gasteiger partial charge in [-0.1, -0.05) is 13.3 Å². The smallest absolute Gasteiger partial charge is 0.204 e. The van der Waals surface area contributed by atoms with Crippen LogP contribution < -0.4 is 0 Å². The molecular formula is C10H21N2OPS. The van der Waals surface area contributed by atoms with Crippen molar-refractivity contribution in [3.05, 3.63) is 0 Å². The first kappa shape index (κ1) is 12.0. The molecule has 0 aromatic heterocycles. The summed E-state index contributed by atoms with van der Waals surface area (Å²) in [4.78, 5) is 0. The molecule has 88 valence electrons. The Balaban J connectivity index is 1.94. The molecule has 4 atom stereocenters. The Morgan fingerprint density at radius 3 is 2.07 bits per heavy atom. The lowest BCUT2D eigenvalue weighted by Crippen LogP contribution is -2.11. The van der Waals surface area contributed by atoms with Crippen molar-refractivity contribution >= 4 is 18.4 Å². The molecule has 0 aliphatic carbocycles. The van der Waals surface area contributed by atoms with Crippen molar-refractivity contribution < 1.29 is 4.52 Å². The van der Waals surface area contributed by atoms with Crippen molar-refractivity contribution in [2.24, 2.45) is 0 Å². The number of hydrogen-bond acceptors (Lipinski definition) is 2. The zero-order chi connectivity index (χ0) is 11.1. The Morgan fingerprint density at radius 1 is 1.27 bits per heavy atom. The molecular weight excluding hydrogens is 227 g/mol. The maximum absolute atomic E-state index is 6.04. The van der Waals surface area contributed by atoms with Gasteiger partial charge in [0, 0.05) is 25.2 Å². The van der Waals surface area contributed by atoms with Crippen LogP contribution in [-0.2, 0) is 16.3 Å². The molecule has 0 amide bonds. The first-order valence-electron chi connectivity index (χ1n) is 5.88. The molecule has 0 aromatic carbocycles. The minimum atomic E-state index is -1.78. The van der Waals surface area contributed by atoms with Crippen LogP contribution in [0.4, 0.5) is 0 Å². The number of rotatable bonds is 6. The molecule has 5 heteroatoms.